The lowest BCUT2D eigenvalue weighted by molar-refractivity contribution is -0.113. The number of aromatic nitrogens is 3. The first-order chi connectivity index (χ1) is 15.0. The Morgan fingerprint density at radius 2 is 1.81 bits per heavy atom. The zero-order valence-electron chi connectivity index (χ0n) is 16.0. The number of carbonyl (C=O) groups is 2. The van der Waals surface area contributed by atoms with Crippen LogP contribution in [0.5, 0.6) is 0 Å². The highest BCUT2D eigenvalue weighted by Crippen LogP contribution is 2.29. The van der Waals surface area contributed by atoms with Gasteiger partial charge in [-0.05, 0) is 60.7 Å². The van der Waals surface area contributed by atoms with Crippen molar-refractivity contribution in [2.75, 3.05) is 11.1 Å². The Morgan fingerprint density at radius 3 is 2.45 bits per heavy atom. The van der Waals surface area contributed by atoms with Gasteiger partial charge in [0.2, 0.25) is 17.6 Å². The molecule has 4 rings (SSSR count). The van der Waals surface area contributed by atoms with Gasteiger partial charge in [0.05, 0.1) is 12.0 Å². The predicted molar refractivity (Wildman–Crippen MR) is 118 cm³/mol. The van der Waals surface area contributed by atoms with Crippen LogP contribution in [-0.4, -0.2) is 32.3 Å². The normalized spacial score (nSPS) is 10.7. The molecule has 0 saturated carbocycles. The van der Waals surface area contributed by atoms with Gasteiger partial charge in [0.15, 0.2) is 10.9 Å². The highest BCUT2D eigenvalue weighted by Gasteiger charge is 2.19. The van der Waals surface area contributed by atoms with Gasteiger partial charge in [-0.3, -0.25) is 14.2 Å². The maximum Gasteiger partial charge on any atom is 0.248 e. The lowest BCUT2D eigenvalue weighted by Crippen LogP contribution is -2.15. The number of nitrogens with two attached hydrogens (primary N) is 1. The lowest BCUT2D eigenvalue weighted by Gasteiger charge is -2.10. The molecule has 0 aliphatic rings. The van der Waals surface area contributed by atoms with Gasteiger partial charge in [0.1, 0.15) is 0 Å². The van der Waals surface area contributed by atoms with Crippen LogP contribution in [-0.2, 0) is 4.79 Å². The molecule has 2 amide bonds. The van der Waals surface area contributed by atoms with E-state index in [0.29, 0.717) is 33.0 Å². The van der Waals surface area contributed by atoms with Crippen LogP contribution in [0.2, 0.25) is 5.02 Å². The summed E-state index contributed by atoms with van der Waals surface area (Å²) in [5.41, 5.74) is 6.94. The molecular formula is C21H16ClN5O3S. The van der Waals surface area contributed by atoms with E-state index in [1.165, 1.54) is 11.8 Å². The fourth-order valence-corrected chi connectivity index (χ4v) is 3.67. The number of benzene rings is 2. The van der Waals surface area contributed by atoms with Gasteiger partial charge >= 0.3 is 0 Å². The van der Waals surface area contributed by atoms with Crippen LogP contribution >= 0.6 is 23.4 Å². The quantitative estimate of drug-likeness (QED) is 0.408. The highest BCUT2D eigenvalue weighted by atomic mass is 35.5. The van der Waals surface area contributed by atoms with E-state index in [1.807, 2.05) is 12.1 Å². The maximum atomic E-state index is 12.4. The molecule has 0 atom stereocenters. The van der Waals surface area contributed by atoms with E-state index in [2.05, 4.69) is 15.5 Å². The molecule has 4 aromatic rings. The van der Waals surface area contributed by atoms with Crippen molar-refractivity contribution < 1.29 is 14.0 Å². The first kappa shape index (κ1) is 20.7. The molecule has 10 heteroatoms. The number of halogens is 1. The molecule has 0 radical (unpaired) electrons. The Balaban J connectivity index is 1.52. The summed E-state index contributed by atoms with van der Waals surface area (Å²) in [5.74, 6) is 0.400. The van der Waals surface area contributed by atoms with Crippen molar-refractivity contribution in [1.29, 1.82) is 0 Å². The number of anilines is 1. The average Bonchev–Trinajstić information content (AvgIpc) is 3.43. The summed E-state index contributed by atoms with van der Waals surface area (Å²) in [5, 5.41) is 12.4. The summed E-state index contributed by atoms with van der Waals surface area (Å²) in [6.45, 7) is 0. The SMILES string of the molecule is NC(=O)c1ccc(NC(=O)CSc2nnc(-c3ccco3)n2-c2ccc(Cl)cc2)cc1. The van der Waals surface area contributed by atoms with E-state index in [9.17, 15) is 9.59 Å². The smallest absolute Gasteiger partial charge is 0.248 e. The third-order valence-corrected chi connectivity index (χ3v) is 5.43. The monoisotopic (exact) mass is 453 g/mol. The Bertz CT molecular complexity index is 1210. The van der Waals surface area contributed by atoms with Crippen LogP contribution in [0.4, 0.5) is 5.69 Å². The van der Waals surface area contributed by atoms with Crippen molar-refractivity contribution >= 4 is 40.9 Å². The highest BCUT2D eigenvalue weighted by molar-refractivity contribution is 7.99. The summed E-state index contributed by atoms with van der Waals surface area (Å²) in [7, 11) is 0. The van der Waals surface area contributed by atoms with Gasteiger partial charge in [-0.1, -0.05) is 23.4 Å². The molecule has 8 nitrogen and oxygen atoms in total. The molecule has 3 N–H and O–H groups in total. The predicted octanol–water partition coefficient (Wildman–Crippen LogP) is 4.01. The number of nitrogens with one attached hydrogen (secondary N) is 1. The number of hydrogen-bond acceptors (Lipinski definition) is 6. The molecule has 0 fully saturated rings. The van der Waals surface area contributed by atoms with Crippen LogP contribution in [0, 0.1) is 0 Å². The van der Waals surface area contributed by atoms with E-state index in [4.69, 9.17) is 21.8 Å². The largest absolute Gasteiger partial charge is 0.461 e. The number of amides is 2. The summed E-state index contributed by atoms with van der Waals surface area (Å²) in [6, 6.07) is 17.1. The number of hydrogen-bond donors (Lipinski definition) is 2. The van der Waals surface area contributed by atoms with Crippen molar-refractivity contribution in [2.24, 2.45) is 5.73 Å². The standard InChI is InChI=1S/C21H16ClN5O3S/c22-14-5-9-16(10-6-14)27-20(17-2-1-11-30-17)25-26-21(27)31-12-18(28)24-15-7-3-13(4-8-15)19(23)29/h1-11H,12H2,(H2,23,29)(H,24,28). The summed E-state index contributed by atoms with van der Waals surface area (Å²) >= 11 is 7.24. The fraction of sp³-hybridized carbons (Fsp3) is 0.0476. The van der Waals surface area contributed by atoms with E-state index < -0.39 is 5.91 Å². The summed E-state index contributed by atoms with van der Waals surface area (Å²) in [6.07, 6.45) is 1.56. The van der Waals surface area contributed by atoms with Gasteiger partial charge in [0.25, 0.3) is 0 Å². The molecule has 31 heavy (non-hydrogen) atoms. The van der Waals surface area contributed by atoms with Gasteiger partial charge < -0.3 is 15.5 Å². The number of carbonyl (C=O) groups excluding carboxylic acids is 2. The van der Waals surface area contributed by atoms with Crippen molar-refractivity contribution in [1.82, 2.24) is 14.8 Å². The molecule has 0 saturated heterocycles. The molecular weight excluding hydrogens is 438 g/mol. The van der Waals surface area contributed by atoms with Gasteiger partial charge in [-0.2, -0.15) is 0 Å². The molecule has 2 aromatic heterocycles. The van der Waals surface area contributed by atoms with Crippen molar-refractivity contribution in [3.63, 3.8) is 0 Å². The van der Waals surface area contributed by atoms with E-state index in [1.54, 1.807) is 59.4 Å². The number of rotatable bonds is 7. The van der Waals surface area contributed by atoms with Crippen LogP contribution < -0.4 is 11.1 Å². The van der Waals surface area contributed by atoms with E-state index in [-0.39, 0.29) is 11.7 Å². The van der Waals surface area contributed by atoms with E-state index >= 15 is 0 Å². The minimum atomic E-state index is -0.526. The zero-order valence-corrected chi connectivity index (χ0v) is 17.6. The molecule has 0 bridgehead atoms. The van der Waals surface area contributed by atoms with Gasteiger partial charge in [-0.25, -0.2) is 0 Å². The minimum Gasteiger partial charge on any atom is -0.461 e. The van der Waals surface area contributed by atoms with Gasteiger partial charge in [0, 0.05) is 22.0 Å². The molecule has 0 spiro atoms. The zero-order chi connectivity index (χ0) is 21.8. The Kier molecular flexibility index (Phi) is 6.06. The van der Waals surface area contributed by atoms with Crippen LogP contribution in [0.3, 0.4) is 0 Å². The number of thioether (sulfide) groups is 1. The molecule has 2 heterocycles. The molecule has 0 aliphatic carbocycles. The summed E-state index contributed by atoms with van der Waals surface area (Å²) in [4.78, 5) is 23.6. The molecule has 156 valence electrons. The van der Waals surface area contributed by atoms with Crippen LogP contribution in [0.25, 0.3) is 17.3 Å². The molecule has 0 aliphatic heterocycles. The van der Waals surface area contributed by atoms with E-state index in [0.717, 1.165) is 5.69 Å². The fourth-order valence-electron chi connectivity index (χ4n) is 2.80. The topological polar surface area (TPSA) is 116 Å². The Labute approximate surface area is 186 Å². The minimum absolute atomic E-state index is 0.0987. The van der Waals surface area contributed by atoms with Crippen molar-refractivity contribution in [2.45, 2.75) is 5.16 Å². The van der Waals surface area contributed by atoms with Crippen molar-refractivity contribution in [3.05, 3.63) is 77.5 Å². The Morgan fingerprint density at radius 1 is 1.06 bits per heavy atom. The third-order valence-electron chi connectivity index (χ3n) is 4.25. The molecule has 0 unspecified atom stereocenters. The number of nitrogens with zero attached hydrogens (tertiary/aromatic N) is 3. The Hall–Kier alpha value is -3.56. The number of primary amides is 1. The van der Waals surface area contributed by atoms with Crippen LogP contribution in [0.15, 0.2) is 76.5 Å². The number of furan rings is 1. The van der Waals surface area contributed by atoms with Gasteiger partial charge in [-0.15, -0.1) is 10.2 Å². The second-order valence-electron chi connectivity index (χ2n) is 6.37. The average molecular weight is 454 g/mol. The first-order valence-corrected chi connectivity index (χ1v) is 10.5. The second-order valence-corrected chi connectivity index (χ2v) is 7.75. The van der Waals surface area contributed by atoms with Crippen molar-refractivity contribution in [3.8, 4) is 17.3 Å². The third kappa shape index (κ3) is 4.79. The summed E-state index contributed by atoms with van der Waals surface area (Å²) < 4.78 is 7.28. The maximum absolute atomic E-state index is 12.4. The lowest BCUT2D eigenvalue weighted by atomic mass is 10.2. The molecule has 2 aromatic carbocycles. The second kappa shape index (κ2) is 9.07. The van der Waals surface area contributed by atoms with Crippen LogP contribution in [0.1, 0.15) is 10.4 Å². The first-order valence-electron chi connectivity index (χ1n) is 9.09.